The number of likely N-dealkylation sites (N-methyl/N-ethyl adjacent to an activating group) is 1. The van der Waals surface area contributed by atoms with Crippen molar-refractivity contribution in [3.63, 3.8) is 0 Å². The second kappa shape index (κ2) is 7.08. The molecule has 2 heterocycles. The molecule has 2 aromatic rings. The molecule has 0 bridgehead atoms. The lowest BCUT2D eigenvalue weighted by Crippen LogP contribution is -2.40. The van der Waals surface area contributed by atoms with Crippen LogP contribution in [0.15, 0.2) is 35.8 Å². The van der Waals surface area contributed by atoms with Crippen molar-refractivity contribution in [2.45, 2.75) is 13.5 Å². The molecule has 0 aliphatic carbocycles. The predicted molar refractivity (Wildman–Crippen MR) is 83.2 cm³/mol. The summed E-state index contributed by atoms with van der Waals surface area (Å²) in [6, 6.07) is 7.49. The summed E-state index contributed by atoms with van der Waals surface area (Å²) < 4.78 is 1.76. The summed E-state index contributed by atoms with van der Waals surface area (Å²) in [5, 5.41) is 4.81. The van der Waals surface area contributed by atoms with Crippen molar-refractivity contribution >= 4 is 23.2 Å². The molecule has 0 spiro atoms. The van der Waals surface area contributed by atoms with E-state index in [0.717, 1.165) is 4.88 Å². The predicted octanol–water partition coefficient (Wildman–Crippen LogP) is 1.87. The quantitative estimate of drug-likeness (QED) is 0.886. The molecular weight excluding hydrogens is 286 g/mol. The molecule has 2 aromatic heterocycles. The molecule has 0 saturated heterocycles. The van der Waals surface area contributed by atoms with E-state index >= 15 is 0 Å². The van der Waals surface area contributed by atoms with Gasteiger partial charge in [0.15, 0.2) is 0 Å². The molecule has 2 rings (SSSR count). The van der Waals surface area contributed by atoms with E-state index in [0.29, 0.717) is 18.8 Å². The standard InChI is InChI=1S/C15H19N3O2S/c1-3-18(15(20)13-7-4-8-17(13)2)11-14(19)16-10-12-6-5-9-21-12/h4-9H,3,10-11H2,1-2H3,(H,16,19). The van der Waals surface area contributed by atoms with Crippen LogP contribution in [0.3, 0.4) is 0 Å². The molecular formula is C15H19N3O2S. The summed E-state index contributed by atoms with van der Waals surface area (Å²) in [7, 11) is 1.82. The van der Waals surface area contributed by atoms with E-state index in [2.05, 4.69) is 5.32 Å². The van der Waals surface area contributed by atoms with Gasteiger partial charge < -0.3 is 14.8 Å². The van der Waals surface area contributed by atoms with E-state index in [-0.39, 0.29) is 18.4 Å². The largest absolute Gasteiger partial charge is 0.350 e. The number of amides is 2. The van der Waals surface area contributed by atoms with Gasteiger partial charge in [-0.15, -0.1) is 11.3 Å². The van der Waals surface area contributed by atoms with Crippen molar-refractivity contribution < 1.29 is 9.59 Å². The number of carbonyl (C=O) groups is 2. The van der Waals surface area contributed by atoms with Gasteiger partial charge in [-0.1, -0.05) is 6.07 Å². The molecule has 1 N–H and O–H groups in total. The molecule has 0 unspecified atom stereocenters. The molecule has 0 aliphatic heterocycles. The fourth-order valence-electron chi connectivity index (χ4n) is 2.00. The van der Waals surface area contributed by atoms with Crippen molar-refractivity contribution in [3.8, 4) is 0 Å². The van der Waals surface area contributed by atoms with Gasteiger partial charge in [-0.3, -0.25) is 9.59 Å². The van der Waals surface area contributed by atoms with Crippen molar-refractivity contribution in [2.75, 3.05) is 13.1 Å². The van der Waals surface area contributed by atoms with Gasteiger partial charge in [0.2, 0.25) is 5.91 Å². The lowest BCUT2D eigenvalue weighted by molar-refractivity contribution is -0.121. The zero-order chi connectivity index (χ0) is 15.2. The van der Waals surface area contributed by atoms with E-state index in [1.54, 1.807) is 26.9 Å². The number of aryl methyl sites for hydroxylation is 1. The van der Waals surface area contributed by atoms with Gasteiger partial charge in [0.1, 0.15) is 5.69 Å². The Kier molecular flexibility index (Phi) is 5.16. The molecule has 0 radical (unpaired) electrons. The summed E-state index contributed by atoms with van der Waals surface area (Å²) in [6.07, 6.45) is 1.82. The Balaban J connectivity index is 1.91. The zero-order valence-electron chi connectivity index (χ0n) is 12.2. The van der Waals surface area contributed by atoms with E-state index < -0.39 is 0 Å². The van der Waals surface area contributed by atoms with Crippen molar-refractivity contribution in [3.05, 3.63) is 46.4 Å². The summed E-state index contributed by atoms with van der Waals surface area (Å²) in [5.74, 6) is -0.274. The minimum atomic E-state index is -0.146. The van der Waals surface area contributed by atoms with Gasteiger partial charge >= 0.3 is 0 Å². The lowest BCUT2D eigenvalue weighted by Gasteiger charge is -2.20. The van der Waals surface area contributed by atoms with E-state index in [4.69, 9.17) is 0 Å². The Hall–Kier alpha value is -2.08. The summed E-state index contributed by atoms with van der Waals surface area (Å²) in [6.45, 7) is 2.95. The van der Waals surface area contributed by atoms with Crippen molar-refractivity contribution in [1.29, 1.82) is 0 Å². The number of rotatable bonds is 6. The third kappa shape index (κ3) is 3.95. The molecule has 0 fully saturated rings. The lowest BCUT2D eigenvalue weighted by atomic mass is 10.3. The first-order chi connectivity index (χ1) is 10.1. The first kappa shape index (κ1) is 15.3. The van der Waals surface area contributed by atoms with E-state index in [1.165, 1.54) is 0 Å². The van der Waals surface area contributed by atoms with Crippen LogP contribution in [0.5, 0.6) is 0 Å². The smallest absolute Gasteiger partial charge is 0.270 e. The monoisotopic (exact) mass is 305 g/mol. The molecule has 6 heteroatoms. The van der Waals surface area contributed by atoms with Gasteiger partial charge in [-0.2, -0.15) is 0 Å². The Morgan fingerprint density at radius 1 is 1.33 bits per heavy atom. The molecule has 0 atom stereocenters. The normalized spacial score (nSPS) is 10.4. The number of hydrogen-bond acceptors (Lipinski definition) is 3. The van der Waals surface area contributed by atoms with Crippen LogP contribution in [0.1, 0.15) is 22.3 Å². The van der Waals surface area contributed by atoms with Gasteiger partial charge in [0.25, 0.3) is 5.91 Å². The Morgan fingerprint density at radius 2 is 2.14 bits per heavy atom. The summed E-state index contributed by atoms with van der Waals surface area (Å²) >= 11 is 1.60. The maximum Gasteiger partial charge on any atom is 0.270 e. The van der Waals surface area contributed by atoms with Crippen LogP contribution in [0.4, 0.5) is 0 Å². The van der Waals surface area contributed by atoms with Crippen LogP contribution in [-0.4, -0.2) is 34.4 Å². The van der Waals surface area contributed by atoms with Gasteiger partial charge in [0.05, 0.1) is 13.1 Å². The first-order valence-electron chi connectivity index (χ1n) is 6.81. The Morgan fingerprint density at radius 3 is 2.71 bits per heavy atom. The molecule has 21 heavy (non-hydrogen) atoms. The number of thiophene rings is 1. The van der Waals surface area contributed by atoms with Crippen LogP contribution < -0.4 is 5.32 Å². The minimum Gasteiger partial charge on any atom is -0.350 e. The number of hydrogen-bond donors (Lipinski definition) is 1. The second-order valence-electron chi connectivity index (χ2n) is 4.68. The van der Waals surface area contributed by atoms with Crippen LogP contribution in [0.25, 0.3) is 0 Å². The molecule has 5 nitrogen and oxygen atoms in total. The van der Waals surface area contributed by atoms with Crippen LogP contribution in [0, 0.1) is 0 Å². The molecule has 2 amide bonds. The highest BCUT2D eigenvalue weighted by Crippen LogP contribution is 2.08. The number of nitrogens with zero attached hydrogens (tertiary/aromatic N) is 2. The average Bonchev–Trinajstić information content (AvgIpc) is 3.13. The topological polar surface area (TPSA) is 54.3 Å². The van der Waals surface area contributed by atoms with Crippen LogP contribution >= 0.6 is 11.3 Å². The zero-order valence-corrected chi connectivity index (χ0v) is 13.0. The van der Waals surface area contributed by atoms with Crippen molar-refractivity contribution in [1.82, 2.24) is 14.8 Å². The summed E-state index contributed by atoms with van der Waals surface area (Å²) in [5.41, 5.74) is 0.586. The maximum atomic E-state index is 12.4. The van der Waals surface area contributed by atoms with Crippen LogP contribution in [0.2, 0.25) is 0 Å². The Labute approximate surface area is 128 Å². The van der Waals surface area contributed by atoms with E-state index in [9.17, 15) is 9.59 Å². The third-order valence-corrected chi connectivity index (χ3v) is 4.08. The van der Waals surface area contributed by atoms with Crippen LogP contribution in [-0.2, 0) is 18.4 Å². The molecule has 0 aromatic carbocycles. The minimum absolute atomic E-state index is 0.0753. The maximum absolute atomic E-state index is 12.4. The van der Waals surface area contributed by atoms with Gasteiger partial charge in [-0.05, 0) is 30.5 Å². The average molecular weight is 305 g/mol. The molecule has 112 valence electrons. The first-order valence-corrected chi connectivity index (χ1v) is 7.69. The summed E-state index contributed by atoms with van der Waals surface area (Å²) in [4.78, 5) is 27.0. The molecule has 0 aliphatic rings. The second-order valence-corrected chi connectivity index (χ2v) is 5.71. The molecule has 0 saturated carbocycles. The number of nitrogens with one attached hydrogen (secondary N) is 1. The fraction of sp³-hybridized carbons (Fsp3) is 0.333. The van der Waals surface area contributed by atoms with E-state index in [1.807, 2.05) is 43.7 Å². The highest BCUT2D eigenvalue weighted by atomic mass is 32.1. The van der Waals surface area contributed by atoms with Gasteiger partial charge in [0, 0.05) is 24.7 Å². The highest BCUT2D eigenvalue weighted by Gasteiger charge is 2.19. The third-order valence-electron chi connectivity index (χ3n) is 3.21. The fourth-order valence-corrected chi connectivity index (χ4v) is 2.65. The SMILES string of the molecule is CCN(CC(=O)NCc1cccs1)C(=O)c1cccn1C. The number of carbonyl (C=O) groups excluding carboxylic acids is 2. The van der Waals surface area contributed by atoms with Crippen molar-refractivity contribution in [2.24, 2.45) is 7.05 Å². The highest BCUT2D eigenvalue weighted by molar-refractivity contribution is 7.09. The van der Waals surface area contributed by atoms with Gasteiger partial charge in [-0.25, -0.2) is 0 Å². The Bertz CT molecular complexity index is 604. The number of aromatic nitrogens is 1.